The van der Waals surface area contributed by atoms with Gasteiger partial charge in [-0.1, -0.05) is 12.1 Å². The van der Waals surface area contributed by atoms with Crippen molar-refractivity contribution in [1.82, 2.24) is 10.6 Å². The number of Topliss-reactive ketones (excluding diaryl/α,β-unsaturated/α-hetero) is 1. The predicted molar refractivity (Wildman–Crippen MR) is 89.1 cm³/mol. The van der Waals surface area contributed by atoms with E-state index < -0.39 is 29.6 Å². The Kier molecular flexibility index (Phi) is 4.41. The molecule has 0 aliphatic carbocycles. The molecule has 0 amide bonds. The van der Waals surface area contributed by atoms with E-state index in [2.05, 4.69) is 5.32 Å². The van der Waals surface area contributed by atoms with Gasteiger partial charge in [-0.2, -0.15) is 13.2 Å². The number of alkyl halides is 3. The fraction of sp³-hybridized carbons (Fsp3) is 0.286. The summed E-state index contributed by atoms with van der Waals surface area (Å²) in [6.07, 6.45) is -5.09. The molecule has 24 heavy (non-hydrogen) atoms. The Balaban J connectivity index is 2.13. The number of halogens is 3. The van der Waals surface area contributed by atoms with Crippen molar-refractivity contribution in [2.75, 3.05) is 0 Å². The summed E-state index contributed by atoms with van der Waals surface area (Å²) in [4.78, 5) is 13.4. The van der Waals surface area contributed by atoms with Gasteiger partial charge in [0.25, 0.3) is 0 Å². The number of ketones is 1. The molecule has 0 unspecified atom stereocenters. The minimum absolute atomic E-state index is 0.139. The van der Waals surface area contributed by atoms with Crippen molar-refractivity contribution in [3.05, 3.63) is 44.8 Å². The molecule has 3 N–H and O–H groups in total. The highest BCUT2D eigenvalue weighted by Gasteiger charge is 2.66. The normalized spacial score (nSPS) is 27.4. The van der Waals surface area contributed by atoms with E-state index in [0.717, 1.165) is 11.3 Å². The maximum atomic E-state index is 13.6. The average Bonchev–Trinajstić information content (AvgIpc) is 3.18. The molecule has 0 spiro atoms. The Morgan fingerprint density at radius 2 is 1.92 bits per heavy atom. The van der Waals surface area contributed by atoms with Gasteiger partial charge in [0.1, 0.15) is 5.92 Å². The smallest absolute Gasteiger partial charge is 0.363 e. The summed E-state index contributed by atoms with van der Waals surface area (Å²) in [6.45, 7) is 0. The van der Waals surface area contributed by atoms with Crippen molar-refractivity contribution in [3.63, 3.8) is 0 Å². The molecule has 1 fully saturated rings. The second-order valence-electron chi connectivity index (χ2n) is 5.17. The lowest BCUT2D eigenvalue weighted by Gasteiger charge is -2.45. The third kappa shape index (κ3) is 2.83. The topological polar surface area (TPSA) is 61.4 Å². The lowest BCUT2D eigenvalue weighted by atomic mass is 9.81. The molecule has 0 aromatic carbocycles. The first kappa shape index (κ1) is 17.3. The molecule has 1 aliphatic heterocycles. The zero-order chi connectivity index (χ0) is 17.5. The first-order chi connectivity index (χ1) is 11.2. The van der Waals surface area contributed by atoms with Gasteiger partial charge in [0.2, 0.25) is 5.72 Å². The number of aliphatic hydroxyl groups is 1. The summed E-state index contributed by atoms with van der Waals surface area (Å²) in [5.74, 6) is -2.62. The summed E-state index contributed by atoms with van der Waals surface area (Å²) in [6, 6.07) is 5.18. The van der Waals surface area contributed by atoms with E-state index in [1.54, 1.807) is 29.0 Å². The Hall–Kier alpha value is -1.49. The number of thiocarbonyl (C=S) groups is 1. The van der Waals surface area contributed by atoms with E-state index in [0.29, 0.717) is 4.88 Å². The minimum Gasteiger partial charge on any atom is -0.363 e. The zero-order valence-corrected chi connectivity index (χ0v) is 14.3. The average molecular weight is 392 g/mol. The molecule has 2 aromatic heterocycles. The molecule has 2 aromatic rings. The van der Waals surface area contributed by atoms with E-state index in [1.807, 2.05) is 5.32 Å². The molecule has 4 nitrogen and oxygen atoms in total. The van der Waals surface area contributed by atoms with Crippen LogP contribution in [0.3, 0.4) is 0 Å². The van der Waals surface area contributed by atoms with E-state index in [9.17, 15) is 23.1 Å². The number of hydrogen-bond acceptors (Lipinski definition) is 5. The van der Waals surface area contributed by atoms with E-state index in [1.165, 1.54) is 17.4 Å². The standard InChI is InChI=1S/C14H11F3N2O2S3/c15-14(16,17)13(21)9(11(20)8-4-2-6-24-8)10(18-12(22)19-13)7-3-1-5-23-7/h1-6,9-10,21H,(H2,18,19,22)/t9-,10-,13-/m0/s1. The summed E-state index contributed by atoms with van der Waals surface area (Å²) < 4.78 is 40.9. The highest BCUT2D eigenvalue weighted by molar-refractivity contribution is 7.80. The van der Waals surface area contributed by atoms with Crippen LogP contribution in [0, 0.1) is 5.92 Å². The quantitative estimate of drug-likeness (QED) is 0.554. The van der Waals surface area contributed by atoms with Gasteiger partial charge >= 0.3 is 6.18 Å². The van der Waals surface area contributed by atoms with Gasteiger partial charge in [0.05, 0.1) is 10.9 Å². The first-order valence-electron chi connectivity index (χ1n) is 6.73. The van der Waals surface area contributed by atoms with Crippen molar-refractivity contribution in [2.45, 2.75) is 17.9 Å². The molecule has 0 bridgehead atoms. The maximum Gasteiger partial charge on any atom is 0.437 e. The highest BCUT2D eigenvalue weighted by Crippen LogP contribution is 2.45. The largest absolute Gasteiger partial charge is 0.437 e. The highest BCUT2D eigenvalue weighted by atomic mass is 32.1. The number of carbonyl (C=O) groups is 1. The summed E-state index contributed by atoms with van der Waals surface area (Å²) in [5, 5.41) is 17.9. The maximum absolute atomic E-state index is 13.6. The number of rotatable bonds is 3. The van der Waals surface area contributed by atoms with Gasteiger partial charge in [-0.25, -0.2) is 0 Å². The van der Waals surface area contributed by atoms with Crippen LogP contribution >= 0.6 is 34.9 Å². The van der Waals surface area contributed by atoms with Crippen molar-refractivity contribution >= 4 is 45.8 Å². The summed E-state index contributed by atoms with van der Waals surface area (Å²) >= 11 is 7.03. The first-order valence-corrected chi connectivity index (χ1v) is 8.89. The van der Waals surface area contributed by atoms with Crippen LogP contribution in [0.25, 0.3) is 0 Å². The molecular formula is C14H11F3N2O2S3. The monoisotopic (exact) mass is 392 g/mol. The van der Waals surface area contributed by atoms with Gasteiger partial charge in [-0.05, 0) is 35.1 Å². The molecule has 1 aliphatic rings. The summed E-state index contributed by atoms with van der Waals surface area (Å²) in [7, 11) is 0. The van der Waals surface area contributed by atoms with Gasteiger partial charge in [-0.3, -0.25) is 4.79 Å². The van der Waals surface area contributed by atoms with E-state index in [4.69, 9.17) is 12.2 Å². The van der Waals surface area contributed by atoms with Gasteiger partial charge in [-0.15, -0.1) is 22.7 Å². The predicted octanol–water partition coefficient (Wildman–Crippen LogP) is 3.08. The Morgan fingerprint density at radius 1 is 1.25 bits per heavy atom. The number of hydrogen-bond donors (Lipinski definition) is 3. The molecular weight excluding hydrogens is 381 g/mol. The molecule has 3 rings (SSSR count). The Labute approximate surface area is 148 Å². The molecule has 1 saturated heterocycles. The fourth-order valence-corrected chi connectivity index (χ4v) is 4.42. The fourth-order valence-electron chi connectivity index (χ4n) is 2.62. The van der Waals surface area contributed by atoms with Gasteiger partial charge in [0.15, 0.2) is 10.9 Å². The Morgan fingerprint density at radius 3 is 2.46 bits per heavy atom. The third-order valence-corrected chi connectivity index (χ3v) is 5.76. The third-order valence-electron chi connectivity index (χ3n) is 3.70. The molecule has 3 heterocycles. The number of carbonyl (C=O) groups excluding carboxylic acids is 1. The van der Waals surface area contributed by atoms with Crippen molar-refractivity contribution in [1.29, 1.82) is 0 Å². The molecule has 128 valence electrons. The zero-order valence-electron chi connectivity index (χ0n) is 11.8. The molecule has 0 radical (unpaired) electrons. The lowest BCUT2D eigenvalue weighted by Crippen LogP contribution is -2.72. The van der Waals surface area contributed by atoms with Gasteiger partial charge < -0.3 is 15.7 Å². The number of nitrogens with one attached hydrogen (secondary N) is 2. The number of thiophene rings is 2. The second-order valence-corrected chi connectivity index (χ2v) is 7.51. The lowest BCUT2D eigenvalue weighted by molar-refractivity contribution is -0.285. The van der Waals surface area contributed by atoms with Crippen LogP contribution in [0.15, 0.2) is 35.0 Å². The van der Waals surface area contributed by atoms with Crippen molar-refractivity contribution in [3.8, 4) is 0 Å². The Bertz CT molecular complexity index is 746. The molecule has 3 atom stereocenters. The summed E-state index contributed by atoms with van der Waals surface area (Å²) in [5.41, 5.74) is -3.45. The molecule has 0 saturated carbocycles. The van der Waals surface area contributed by atoms with Gasteiger partial charge in [0, 0.05) is 4.88 Å². The van der Waals surface area contributed by atoms with Crippen LogP contribution in [0.5, 0.6) is 0 Å². The van der Waals surface area contributed by atoms with Crippen LogP contribution < -0.4 is 10.6 Å². The van der Waals surface area contributed by atoms with Crippen LogP contribution in [-0.4, -0.2) is 27.9 Å². The molecule has 10 heteroatoms. The van der Waals surface area contributed by atoms with E-state index >= 15 is 0 Å². The minimum atomic E-state index is -5.09. The van der Waals surface area contributed by atoms with Crippen molar-refractivity contribution in [2.24, 2.45) is 5.92 Å². The van der Waals surface area contributed by atoms with Crippen LogP contribution in [-0.2, 0) is 0 Å². The second kappa shape index (κ2) is 6.10. The van der Waals surface area contributed by atoms with Crippen LogP contribution in [0.2, 0.25) is 0 Å². The van der Waals surface area contributed by atoms with Crippen molar-refractivity contribution < 1.29 is 23.1 Å². The van der Waals surface area contributed by atoms with E-state index in [-0.39, 0.29) is 9.99 Å². The van der Waals surface area contributed by atoms with Crippen LogP contribution in [0.1, 0.15) is 20.6 Å². The van der Waals surface area contributed by atoms with Crippen LogP contribution in [0.4, 0.5) is 13.2 Å². The SMILES string of the molecule is O=C(c1cccs1)[C@@H]1[C@H](c2cccs2)NC(=S)N[C@@]1(O)C(F)(F)F.